The number of sulfone groups is 1. The second-order valence-electron chi connectivity index (χ2n) is 6.55. The third-order valence-electron chi connectivity index (χ3n) is 4.70. The van der Waals surface area contributed by atoms with Crippen LogP contribution in [-0.2, 0) is 22.8 Å². The number of fused-ring (bicyclic) bond motifs is 1. The fourth-order valence-electron chi connectivity index (χ4n) is 3.30. The lowest BCUT2D eigenvalue weighted by atomic mass is 9.95. The number of hydrogen-bond donors (Lipinski definition) is 1. The molecule has 1 heterocycles. The Bertz CT molecular complexity index is 828. The van der Waals surface area contributed by atoms with Crippen LogP contribution in [0.15, 0.2) is 47.4 Å². The van der Waals surface area contributed by atoms with E-state index in [4.69, 9.17) is 0 Å². The lowest BCUT2D eigenvalue weighted by Crippen LogP contribution is -2.34. The van der Waals surface area contributed by atoms with Crippen molar-refractivity contribution in [3.8, 4) is 0 Å². The highest BCUT2D eigenvalue weighted by atomic mass is 32.2. The first-order valence-corrected chi connectivity index (χ1v) is 10.0. The van der Waals surface area contributed by atoms with Crippen molar-refractivity contribution in [2.45, 2.75) is 30.9 Å². The summed E-state index contributed by atoms with van der Waals surface area (Å²) in [5, 5.41) is 10.5. The molecule has 0 aromatic heterocycles. The Kier molecular flexibility index (Phi) is 4.76. The van der Waals surface area contributed by atoms with Gasteiger partial charge < -0.3 is 5.11 Å². The monoisotopic (exact) mass is 345 g/mol. The minimum absolute atomic E-state index is 0.279. The number of rotatable bonds is 4. The maximum atomic E-state index is 11.5. The Labute approximate surface area is 143 Å². The molecule has 3 rings (SSSR count). The molecule has 0 saturated carbocycles. The molecule has 0 radical (unpaired) electrons. The molecular weight excluding hydrogens is 322 g/mol. The van der Waals surface area contributed by atoms with Gasteiger partial charge in [-0.2, -0.15) is 0 Å². The zero-order valence-electron chi connectivity index (χ0n) is 14.1. The average Bonchev–Trinajstić information content (AvgIpc) is 2.54. The molecule has 1 N–H and O–H groups in total. The van der Waals surface area contributed by atoms with Gasteiger partial charge in [-0.15, -0.1) is 0 Å². The van der Waals surface area contributed by atoms with E-state index in [1.807, 2.05) is 0 Å². The third-order valence-corrected chi connectivity index (χ3v) is 5.83. The predicted octanol–water partition coefficient (Wildman–Crippen LogP) is 2.49. The minimum Gasteiger partial charge on any atom is -0.387 e. The van der Waals surface area contributed by atoms with Gasteiger partial charge in [-0.25, -0.2) is 8.42 Å². The molecule has 1 unspecified atom stereocenters. The summed E-state index contributed by atoms with van der Waals surface area (Å²) < 4.78 is 23.0. The van der Waals surface area contributed by atoms with Crippen LogP contribution >= 0.6 is 0 Å². The van der Waals surface area contributed by atoms with Crippen molar-refractivity contribution in [2.24, 2.45) is 0 Å². The van der Waals surface area contributed by atoms with Crippen molar-refractivity contribution in [1.82, 2.24) is 4.90 Å². The van der Waals surface area contributed by atoms with Crippen LogP contribution in [0, 0.1) is 6.92 Å². The Morgan fingerprint density at radius 3 is 2.54 bits per heavy atom. The largest absolute Gasteiger partial charge is 0.387 e. The van der Waals surface area contributed by atoms with Crippen LogP contribution in [0.25, 0.3) is 0 Å². The number of hydrogen-bond acceptors (Lipinski definition) is 4. The van der Waals surface area contributed by atoms with Crippen LogP contribution in [0.1, 0.15) is 28.4 Å². The van der Waals surface area contributed by atoms with Crippen LogP contribution in [0.4, 0.5) is 0 Å². The molecule has 128 valence electrons. The number of aliphatic hydroxyl groups excluding tert-OH is 1. The summed E-state index contributed by atoms with van der Waals surface area (Å²) in [5.74, 6) is 0. The van der Waals surface area contributed by atoms with Gasteiger partial charge in [0.05, 0.1) is 11.0 Å². The Balaban J connectivity index is 1.68. The van der Waals surface area contributed by atoms with Crippen LogP contribution < -0.4 is 0 Å². The molecule has 0 aliphatic carbocycles. The number of nitrogens with zero attached hydrogens (tertiary/aromatic N) is 1. The lowest BCUT2D eigenvalue weighted by Gasteiger charge is -2.31. The zero-order chi connectivity index (χ0) is 17.3. The molecule has 0 fully saturated rings. The highest BCUT2D eigenvalue weighted by Crippen LogP contribution is 2.24. The smallest absolute Gasteiger partial charge is 0.175 e. The quantitative estimate of drug-likeness (QED) is 0.925. The first-order valence-electron chi connectivity index (χ1n) is 8.12. The van der Waals surface area contributed by atoms with Crippen molar-refractivity contribution < 1.29 is 13.5 Å². The summed E-state index contributed by atoms with van der Waals surface area (Å²) in [7, 11) is -3.20. The van der Waals surface area contributed by atoms with E-state index in [0.717, 1.165) is 25.1 Å². The minimum atomic E-state index is -3.20. The lowest BCUT2D eigenvalue weighted by molar-refractivity contribution is 0.106. The van der Waals surface area contributed by atoms with Gasteiger partial charge in [-0.1, -0.05) is 30.3 Å². The van der Waals surface area contributed by atoms with E-state index in [-0.39, 0.29) is 4.90 Å². The van der Waals surface area contributed by atoms with E-state index in [9.17, 15) is 13.5 Å². The molecule has 0 amide bonds. The summed E-state index contributed by atoms with van der Waals surface area (Å²) in [6.07, 6.45) is 1.57. The first kappa shape index (κ1) is 17.1. The molecule has 4 nitrogen and oxygen atoms in total. The van der Waals surface area contributed by atoms with Gasteiger partial charge in [-0.05, 0) is 47.7 Å². The van der Waals surface area contributed by atoms with Gasteiger partial charge in [0.15, 0.2) is 9.84 Å². The van der Waals surface area contributed by atoms with E-state index in [1.54, 1.807) is 24.3 Å². The van der Waals surface area contributed by atoms with E-state index in [2.05, 4.69) is 30.0 Å². The number of β-amino-alcohol motifs (C(OH)–C–C–N with tert-alkyl or cyclic N) is 1. The molecule has 2 aromatic rings. The van der Waals surface area contributed by atoms with E-state index in [0.29, 0.717) is 6.54 Å². The summed E-state index contributed by atoms with van der Waals surface area (Å²) in [4.78, 5) is 2.53. The SMILES string of the molecule is Cc1cccc2c1CCN(CC(O)c1ccc(S(C)(=O)=O)cc1)C2. The summed E-state index contributed by atoms with van der Waals surface area (Å²) in [6.45, 7) is 4.46. The van der Waals surface area contributed by atoms with Gasteiger partial charge in [0.25, 0.3) is 0 Å². The average molecular weight is 345 g/mol. The fraction of sp³-hybridized carbons (Fsp3) is 0.368. The molecule has 24 heavy (non-hydrogen) atoms. The molecular formula is C19H23NO3S. The van der Waals surface area contributed by atoms with Gasteiger partial charge >= 0.3 is 0 Å². The van der Waals surface area contributed by atoms with Crippen molar-refractivity contribution in [2.75, 3.05) is 19.3 Å². The third kappa shape index (κ3) is 3.69. The van der Waals surface area contributed by atoms with E-state index < -0.39 is 15.9 Å². The molecule has 1 aliphatic rings. The molecule has 1 aliphatic heterocycles. The van der Waals surface area contributed by atoms with Crippen LogP contribution in [0.5, 0.6) is 0 Å². The van der Waals surface area contributed by atoms with Crippen LogP contribution in [-0.4, -0.2) is 37.8 Å². The molecule has 0 saturated heterocycles. The Hall–Kier alpha value is -1.69. The maximum Gasteiger partial charge on any atom is 0.175 e. The first-order chi connectivity index (χ1) is 11.3. The van der Waals surface area contributed by atoms with Gasteiger partial charge in [-0.3, -0.25) is 4.90 Å². The van der Waals surface area contributed by atoms with E-state index >= 15 is 0 Å². The molecule has 0 bridgehead atoms. The summed E-state index contributed by atoms with van der Waals surface area (Å²) >= 11 is 0. The number of aliphatic hydroxyl groups is 1. The molecule has 2 aromatic carbocycles. The number of benzene rings is 2. The van der Waals surface area contributed by atoms with Gasteiger partial charge in [0, 0.05) is 25.9 Å². The summed E-state index contributed by atoms with van der Waals surface area (Å²) in [5.41, 5.74) is 4.85. The van der Waals surface area contributed by atoms with Crippen LogP contribution in [0.3, 0.4) is 0 Å². The Morgan fingerprint density at radius 1 is 1.17 bits per heavy atom. The topological polar surface area (TPSA) is 57.6 Å². The Morgan fingerprint density at radius 2 is 1.88 bits per heavy atom. The highest BCUT2D eigenvalue weighted by Gasteiger charge is 2.20. The zero-order valence-corrected chi connectivity index (χ0v) is 14.9. The fourth-order valence-corrected chi connectivity index (χ4v) is 3.93. The molecule has 1 atom stereocenters. The van der Waals surface area contributed by atoms with Crippen molar-refractivity contribution in [1.29, 1.82) is 0 Å². The van der Waals surface area contributed by atoms with Crippen molar-refractivity contribution >= 4 is 9.84 Å². The van der Waals surface area contributed by atoms with Crippen molar-refractivity contribution in [3.63, 3.8) is 0 Å². The second kappa shape index (κ2) is 6.67. The van der Waals surface area contributed by atoms with Crippen molar-refractivity contribution in [3.05, 3.63) is 64.7 Å². The molecule has 5 heteroatoms. The predicted molar refractivity (Wildman–Crippen MR) is 94.7 cm³/mol. The molecule has 0 spiro atoms. The van der Waals surface area contributed by atoms with E-state index in [1.165, 1.54) is 22.9 Å². The second-order valence-corrected chi connectivity index (χ2v) is 8.57. The van der Waals surface area contributed by atoms with Gasteiger partial charge in [0.2, 0.25) is 0 Å². The maximum absolute atomic E-state index is 11.5. The normalized spacial score (nSPS) is 16.6. The number of aryl methyl sites for hydroxylation is 1. The van der Waals surface area contributed by atoms with Crippen LogP contribution in [0.2, 0.25) is 0 Å². The standard InChI is InChI=1S/C19H23NO3S/c1-14-4-3-5-16-12-20(11-10-18(14)16)13-19(21)15-6-8-17(9-7-15)24(2,22)23/h3-9,19,21H,10-13H2,1-2H3. The summed E-state index contributed by atoms with van der Waals surface area (Å²) in [6, 6.07) is 12.9. The highest BCUT2D eigenvalue weighted by molar-refractivity contribution is 7.90. The van der Waals surface area contributed by atoms with Gasteiger partial charge in [0.1, 0.15) is 0 Å².